The molecule has 96 valence electrons. The summed E-state index contributed by atoms with van der Waals surface area (Å²) in [5.41, 5.74) is 2.06. The standard InChI is InChI=1S/C13H12Br2FNS/c1-2-17-12(8-4-3-5-9(16)6-8)10-7-11(14)18-13(10)15/h3-7,12,17H,2H2,1H3. The van der Waals surface area contributed by atoms with Crippen LogP contribution in [0.5, 0.6) is 0 Å². The van der Waals surface area contributed by atoms with Gasteiger partial charge in [-0.3, -0.25) is 0 Å². The molecule has 0 bridgehead atoms. The van der Waals surface area contributed by atoms with Crippen LogP contribution in [0.2, 0.25) is 0 Å². The summed E-state index contributed by atoms with van der Waals surface area (Å²) in [6.45, 7) is 2.86. The zero-order valence-corrected chi connectivity index (χ0v) is 13.7. The highest BCUT2D eigenvalue weighted by atomic mass is 79.9. The summed E-state index contributed by atoms with van der Waals surface area (Å²) >= 11 is 8.66. The Hall–Kier alpha value is -0.230. The van der Waals surface area contributed by atoms with Crippen LogP contribution in [0.1, 0.15) is 24.1 Å². The number of halogens is 3. The first-order valence-electron chi connectivity index (χ1n) is 5.55. The van der Waals surface area contributed by atoms with Gasteiger partial charge in [-0.1, -0.05) is 19.1 Å². The predicted octanol–water partition coefficient (Wildman–Crippen LogP) is 5.11. The normalized spacial score (nSPS) is 12.7. The van der Waals surface area contributed by atoms with Crippen molar-refractivity contribution in [2.75, 3.05) is 6.54 Å². The van der Waals surface area contributed by atoms with Gasteiger partial charge in [0.05, 0.1) is 13.6 Å². The molecule has 1 aromatic carbocycles. The molecule has 0 fully saturated rings. The minimum atomic E-state index is -0.208. The van der Waals surface area contributed by atoms with E-state index in [4.69, 9.17) is 0 Å². The fourth-order valence-electron chi connectivity index (χ4n) is 1.85. The smallest absolute Gasteiger partial charge is 0.123 e. The monoisotopic (exact) mass is 391 g/mol. The molecule has 1 heterocycles. The average Bonchev–Trinajstić information content (AvgIpc) is 2.65. The van der Waals surface area contributed by atoms with Crippen molar-refractivity contribution in [1.29, 1.82) is 0 Å². The largest absolute Gasteiger partial charge is 0.306 e. The fourth-order valence-corrected chi connectivity index (χ4v) is 4.75. The summed E-state index contributed by atoms with van der Waals surface area (Å²) in [6, 6.07) is 8.78. The van der Waals surface area contributed by atoms with Gasteiger partial charge in [-0.25, -0.2) is 4.39 Å². The third-order valence-corrected chi connectivity index (χ3v) is 4.97. The number of rotatable bonds is 4. The molecule has 2 aromatic rings. The van der Waals surface area contributed by atoms with Gasteiger partial charge >= 0.3 is 0 Å². The van der Waals surface area contributed by atoms with Crippen LogP contribution in [0.15, 0.2) is 37.9 Å². The molecular formula is C13H12Br2FNS. The molecule has 1 nitrogen and oxygen atoms in total. The molecule has 1 aromatic heterocycles. The highest BCUT2D eigenvalue weighted by Crippen LogP contribution is 2.37. The third-order valence-electron chi connectivity index (χ3n) is 2.58. The highest BCUT2D eigenvalue weighted by Gasteiger charge is 2.18. The van der Waals surface area contributed by atoms with Crippen molar-refractivity contribution in [3.63, 3.8) is 0 Å². The third kappa shape index (κ3) is 3.20. The van der Waals surface area contributed by atoms with Crippen LogP contribution >= 0.6 is 43.2 Å². The molecule has 2 rings (SSSR count). The number of hydrogen-bond donors (Lipinski definition) is 1. The Morgan fingerprint density at radius 3 is 2.67 bits per heavy atom. The van der Waals surface area contributed by atoms with Crippen LogP contribution in [0, 0.1) is 5.82 Å². The van der Waals surface area contributed by atoms with Crippen LogP contribution in [-0.4, -0.2) is 6.54 Å². The van der Waals surface area contributed by atoms with Gasteiger partial charge in [-0.05, 0) is 67.7 Å². The Kier molecular flexibility index (Phi) is 4.95. The topological polar surface area (TPSA) is 12.0 Å². The Labute approximate surface area is 127 Å². The van der Waals surface area contributed by atoms with E-state index in [0.717, 1.165) is 25.2 Å². The van der Waals surface area contributed by atoms with E-state index >= 15 is 0 Å². The molecule has 0 aliphatic rings. The van der Waals surface area contributed by atoms with E-state index in [1.165, 1.54) is 6.07 Å². The van der Waals surface area contributed by atoms with Gasteiger partial charge in [0.25, 0.3) is 0 Å². The van der Waals surface area contributed by atoms with E-state index in [9.17, 15) is 4.39 Å². The maximum Gasteiger partial charge on any atom is 0.123 e. The van der Waals surface area contributed by atoms with Crippen molar-refractivity contribution >= 4 is 43.2 Å². The zero-order chi connectivity index (χ0) is 13.1. The second kappa shape index (κ2) is 6.28. The molecule has 1 unspecified atom stereocenters. The van der Waals surface area contributed by atoms with Crippen molar-refractivity contribution in [1.82, 2.24) is 5.32 Å². The van der Waals surface area contributed by atoms with E-state index in [1.807, 2.05) is 13.0 Å². The molecule has 0 aliphatic heterocycles. The summed E-state index contributed by atoms with van der Waals surface area (Å²) in [5, 5.41) is 3.39. The Morgan fingerprint density at radius 1 is 1.33 bits per heavy atom. The van der Waals surface area contributed by atoms with Gasteiger partial charge in [-0.2, -0.15) is 0 Å². The van der Waals surface area contributed by atoms with Gasteiger partial charge in [0, 0.05) is 0 Å². The van der Waals surface area contributed by atoms with Gasteiger partial charge in [0.1, 0.15) is 5.82 Å². The van der Waals surface area contributed by atoms with Crippen molar-refractivity contribution in [3.8, 4) is 0 Å². The first kappa shape index (κ1) is 14.2. The zero-order valence-electron chi connectivity index (χ0n) is 9.71. The maximum absolute atomic E-state index is 13.3. The summed E-state index contributed by atoms with van der Waals surface area (Å²) in [5.74, 6) is -0.208. The average molecular weight is 393 g/mol. The molecule has 0 saturated heterocycles. The minimum Gasteiger partial charge on any atom is -0.306 e. The first-order chi connectivity index (χ1) is 8.61. The fraction of sp³-hybridized carbons (Fsp3) is 0.231. The minimum absolute atomic E-state index is 0.00243. The van der Waals surface area contributed by atoms with E-state index in [0.29, 0.717) is 0 Å². The molecule has 1 atom stereocenters. The Balaban J connectivity index is 2.42. The van der Waals surface area contributed by atoms with Crippen LogP contribution in [-0.2, 0) is 0 Å². The maximum atomic E-state index is 13.3. The van der Waals surface area contributed by atoms with E-state index in [-0.39, 0.29) is 11.9 Å². The molecule has 0 amide bonds. The lowest BCUT2D eigenvalue weighted by atomic mass is 10.0. The van der Waals surface area contributed by atoms with Crippen LogP contribution in [0.3, 0.4) is 0 Å². The highest BCUT2D eigenvalue weighted by molar-refractivity contribution is 9.12. The van der Waals surface area contributed by atoms with Crippen LogP contribution in [0.4, 0.5) is 4.39 Å². The molecule has 0 radical (unpaired) electrons. The lowest BCUT2D eigenvalue weighted by Gasteiger charge is -2.18. The molecule has 5 heteroatoms. The van der Waals surface area contributed by atoms with Crippen LogP contribution in [0.25, 0.3) is 0 Å². The van der Waals surface area contributed by atoms with Crippen molar-refractivity contribution in [2.24, 2.45) is 0 Å². The van der Waals surface area contributed by atoms with Crippen molar-refractivity contribution < 1.29 is 4.39 Å². The lowest BCUT2D eigenvalue weighted by Crippen LogP contribution is -2.21. The van der Waals surface area contributed by atoms with Crippen molar-refractivity contribution in [3.05, 3.63) is 54.8 Å². The van der Waals surface area contributed by atoms with E-state index in [1.54, 1.807) is 23.5 Å². The second-order valence-corrected chi connectivity index (χ2v) is 7.57. The Morgan fingerprint density at radius 2 is 2.11 bits per heavy atom. The van der Waals surface area contributed by atoms with Gasteiger partial charge in [-0.15, -0.1) is 11.3 Å². The molecule has 0 saturated carbocycles. The Bertz CT molecular complexity index is 542. The molecule has 0 aliphatic carbocycles. The quantitative estimate of drug-likeness (QED) is 0.762. The summed E-state index contributed by atoms with van der Waals surface area (Å²) < 4.78 is 15.5. The number of benzene rings is 1. The molecule has 0 spiro atoms. The number of thiophene rings is 1. The SMILES string of the molecule is CCNC(c1cccc(F)c1)c1cc(Br)sc1Br. The van der Waals surface area contributed by atoms with Crippen LogP contribution < -0.4 is 5.32 Å². The second-order valence-electron chi connectivity index (χ2n) is 3.83. The van der Waals surface area contributed by atoms with Gasteiger partial charge < -0.3 is 5.32 Å². The van der Waals surface area contributed by atoms with E-state index in [2.05, 4.69) is 43.2 Å². The molecule has 1 N–H and O–H groups in total. The lowest BCUT2D eigenvalue weighted by molar-refractivity contribution is 0.603. The first-order valence-corrected chi connectivity index (χ1v) is 7.95. The van der Waals surface area contributed by atoms with E-state index < -0.39 is 0 Å². The van der Waals surface area contributed by atoms with Crippen molar-refractivity contribution in [2.45, 2.75) is 13.0 Å². The number of nitrogens with one attached hydrogen (secondary N) is 1. The molecule has 18 heavy (non-hydrogen) atoms. The molecular weight excluding hydrogens is 381 g/mol. The predicted molar refractivity (Wildman–Crippen MR) is 81.6 cm³/mol. The summed E-state index contributed by atoms with van der Waals surface area (Å²) in [6.07, 6.45) is 0. The van der Waals surface area contributed by atoms with Gasteiger partial charge in [0.2, 0.25) is 0 Å². The summed E-state index contributed by atoms with van der Waals surface area (Å²) in [7, 11) is 0. The number of hydrogen-bond acceptors (Lipinski definition) is 2. The van der Waals surface area contributed by atoms with Gasteiger partial charge in [0.15, 0.2) is 0 Å². The summed E-state index contributed by atoms with van der Waals surface area (Å²) in [4.78, 5) is 0.